The molecule has 5 nitrogen and oxygen atoms in total. The first-order valence-electron chi connectivity index (χ1n) is 8.39. The van der Waals surface area contributed by atoms with E-state index in [1.165, 1.54) is 0 Å². The van der Waals surface area contributed by atoms with Gasteiger partial charge in [0.1, 0.15) is 5.69 Å². The lowest BCUT2D eigenvalue weighted by Gasteiger charge is -2.13. The van der Waals surface area contributed by atoms with Gasteiger partial charge in [0.2, 0.25) is 10.0 Å². The number of alkyl halides is 3. The quantitative estimate of drug-likeness (QED) is 0.638. The summed E-state index contributed by atoms with van der Waals surface area (Å²) < 4.78 is 64.1. The molecule has 0 unspecified atom stereocenters. The normalized spacial score (nSPS) is 12.1. The Bertz CT molecular complexity index is 1080. The number of hydrogen-bond donors (Lipinski definition) is 2. The maximum absolute atomic E-state index is 13.1. The Morgan fingerprint density at radius 2 is 1.71 bits per heavy atom. The standard InChI is InChI=1S/C19H18F3N3O2S/c1-28(26,27)25-14-8-6-13(7-9-14)10-11-23-17-12-18(19(20,21)22)24-16-5-3-2-4-15(16)17/h2-9,12,25H,10-11H2,1H3,(H,23,24). The molecule has 0 bridgehead atoms. The summed E-state index contributed by atoms with van der Waals surface area (Å²) in [5.41, 5.74) is 1.07. The van der Waals surface area contributed by atoms with E-state index in [0.29, 0.717) is 29.7 Å². The van der Waals surface area contributed by atoms with Crippen LogP contribution in [0, 0.1) is 0 Å². The van der Waals surface area contributed by atoms with Crippen molar-refractivity contribution in [3.63, 3.8) is 0 Å². The molecule has 0 aliphatic rings. The van der Waals surface area contributed by atoms with Crippen molar-refractivity contribution < 1.29 is 21.6 Å². The van der Waals surface area contributed by atoms with Gasteiger partial charge in [0.15, 0.2) is 0 Å². The van der Waals surface area contributed by atoms with Gasteiger partial charge in [-0.15, -0.1) is 0 Å². The number of benzene rings is 2. The van der Waals surface area contributed by atoms with Crippen LogP contribution < -0.4 is 10.0 Å². The highest BCUT2D eigenvalue weighted by Gasteiger charge is 2.33. The van der Waals surface area contributed by atoms with Crippen LogP contribution in [0.15, 0.2) is 54.6 Å². The first-order valence-corrected chi connectivity index (χ1v) is 10.3. The maximum atomic E-state index is 13.1. The highest BCUT2D eigenvalue weighted by molar-refractivity contribution is 7.92. The fourth-order valence-corrected chi connectivity index (χ4v) is 3.33. The second kappa shape index (κ2) is 7.67. The Hall–Kier alpha value is -2.81. The Labute approximate surface area is 160 Å². The lowest BCUT2D eigenvalue weighted by atomic mass is 10.1. The van der Waals surface area contributed by atoms with Gasteiger partial charge in [-0.3, -0.25) is 4.72 Å². The summed E-state index contributed by atoms with van der Waals surface area (Å²) in [6, 6.07) is 14.5. The molecule has 148 valence electrons. The van der Waals surface area contributed by atoms with Crippen LogP contribution in [0.5, 0.6) is 0 Å². The van der Waals surface area contributed by atoms with Gasteiger partial charge in [0.25, 0.3) is 0 Å². The van der Waals surface area contributed by atoms with Gasteiger partial charge in [-0.05, 0) is 36.2 Å². The molecule has 2 aromatic carbocycles. The van der Waals surface area contributed by atoms with E-state index in [9.17, 15) is 21.6 Å². The third-order valence-electron chi connectivity index (χ3n) is 3.99. The second-order valence-corrected chi connectivity index (χ2v) is 8.07. The zero-order chi connectivity index (χ0) is 20.4. The van der Waals surface area contributed by atoms with Gasteiger partial charge in [0.05, 0.1) is 11.8 Å². The van der Waals surface area contributed by atoms with E-state index in [4.69, 9.17) is 0 Å². The molecular formula is C19H18F3N3O2S. The molecule has 0 fully saturated rings. The molecule has 1 aromatic heterocycles. The molecular weight excluding hydrogens is 391 g/mol. The third-order valence-corrected chi connectivity index (χ3v) is 4.60. The summed E-state index contributed by atoms with van der Waals surface area (Å²) in [5.74, 6) is 0. The van der Waals surface area contributed by atoms with Crippen LogP contribution in [0.1, 0.15) is 11.3 Å². The predicted molar refractivity (Wildman–Crippen MR) is 104 cm³/mol. The molecule has 28 heavy (non-hydrogen) atoms. The number of fused-ring (bicyclic) bond motifs is 1. The Kier molecular flexibility index (Phi) is 5.46. The maximum Gasteiger partial charge on any atom is 0.433 e. The Morgan fingerprint density at radius 3 is 2.36 bits per heavy atom. The molecule has 0 aliphatic heterocycles. The van der Waals surface area contributed by atoms with Gasteiger partial charge in [-0.25, -0.2) is 13.4 Å². The van der Waals surface area contributed by atoms with Crippen molar-refractivity contribution in [2.75, 3.05) is 22.8 Å². The molecule has 0 amide bonds. The molecule has 2 N–H and O–H groups in total. The highest BCUT2D eigenvalue weighted by atomic mass is 32.2. The van der Waals surface area contributed by atoms with E-state index in [0.717, 1.165) is 17.9 Å². The monoisotopic (exact) mass is 409 g/mol. The highest BCUT2D eigenvalue weighted by Crippen LogP contribution is 2.33. The van der Waals surface area contributed by atoms with E-state index in [1.807, 2.05) is 0 Å². The van der Waals surface area contributed by atoms with Crippen molar-refractivity contribution in [2.24, 2.45) is 0 Å². The summed E-state index contributed by atoms with van der Waals surface area (Å²) in [5, 5.41) is 3.66. The zero-order valence-corrected chi connectivity index (χ0v) is 15.7. The van der Waals surface area contributed by atoms with Crippen LogP contribution in [0.4, 0.5) is 24.5 Å². The van der Waals surface area contributed by atoms with Crippen LogP contribution >= 0.6 is 0 Å². The first kappa shape index (κ1) is 19.9. The van der Waals surface area contributed by atoms with E-state index < -0.39 is 21.9 Å². The van der Waals surface area contributed by atoms with E-state index in [1.54, 1.807) is 48.5 Å². The third kappa shape index (κ3) is 5.13. The van der Waals surface area contributed by atoms with Gasteiger partial charge >= 0.3 is 6.18 Å². The van der Waals surface area contributed by atoms with E-state index in [2.05, 4.69) is 15.0 Å². The number of nitrogens with zero attached hydrogens (tertiary/aromatic N) is 1. The second-order valence-electron chi connectivity index (χ2n) is 6.32. The number of anilines is 2. The molecule has 0 saturated heterocycles. The SMILES string of the molecule is CS(=O)(=O)Nc1ccc(CCNc2cc(C(F)(F)F)nc3ccccc23)cc1. The first-order chi connectivity index (χ1) is 13.1. The molecule has 0 spiro atoms. The average molecular weight is 409 g/mol. The van der Waals surface area contributed by atoms with Gasteiger partial charge in [-0.1, -0.05) is 30.3 Å². The van der Waals surface area contributed by atoms with E-state index in [-0.39, 0.29) is 5.52 Å². The van der Waals surface area contributed by atoms with Crippen LogP contribution in [-0.4, -0.2) is 26.2 Å². The summed E-state index contributed by atoms with van der Waals surface area (Å²) in [6.45, 7) is 0.407. The molecule has 1 heterocycles. The number of pyridine rings is 1. The molecule has 0 saturated carbocycles. The smallest absolute Gasteiger partial charge is 0.384 e. The molecule has 9 heteroatoms. The number of halogens is 3. The fraction of sp³-hybridized carbons (Fsp3) is 0.211. The van der Waals surface area contributed by atoms with Crippen molar-refractivity contribution in [1.29, 1.82) is 0 Å². The van der Waals surface area contributed by atoms with Gasteiger partial charge in [-0.2, -0.15) is 13.2 Å². The van der Waals surface area contributed by atoms with Gasteiger partial charge in [0, 0.05) is 23.3 Å². The van der Waals surface area contributed by atoms with Crippen molar-refractivity contribution in [3.8, 4) is 0 Å². The number of aromatic nitrogens is 1. The minimum Gasteiger partial charge on any atom is -0.384 e. The average Bonchev–Trinajstić information content (AvgIpc) is 2.61. The lowest BCUT2D eigenvalue weighted by Crippen LogP contribution is -2.11. The topological polar surface area (TPSA) is 71.1 Å². The van der Waals surface area contributed by atoms with Crippen LogP contribution in [0.25, 0.3) is 10.9 Å². The van der Waals surface area contributed by atoms with Gasteiger partial charge < -0.3 is 5.32 Å². The van der Waals surface area contributed by atoms with Crippen molar-refractivity contribution in [1.82, 2.24) is 4.98 Å². The van der Waals surface area contributed by atoms with Crippen molar-refractivity contribution in [3.05, 3.63) is 65.9 Å². The Morgan fingerprint density at radius 1 is 1.04 bits per heavy atom. The minimum atomic E-state index is -4.52. The molecule has 0 atom stereocenters. The Balaban J connectivity index is 1.73. The number of para-hydroxylation sites is 1. The summed E-state index contributed by atoms with van der Waals surface area (Å²) in [6.07, 6.45) is -2.90. The van der Waals surface area contributed by atoms with Crippen LogP contribution in [0.2, 0.25) is 0 Å². The fourth-order valence-electron chi connectivity index (χ4n) is 2.76. The number of nitrogens with one attached hydrogen (secondary N) is 2. The van der Waals surface area contributed by atoms with Crippen molar-refractivity contribution >= 4 is 32.3 Å². The van der Waals surface area contributed by atoms with Crippen LogP contribution in [-0.2, 0) is 22.6 Å². The summed E-state index contributed by atoms with van der Waals surface area (Å²) in [4.78, 5) is 3.69. The van der Waals surface area contributed by atoms with Crippen LogP contribution in [0.3, 0.4) is 0 Å². The lowest BCUT2D eigenvalue weighted by molar-refractivity contribution is -0.140. The molecule has 3 aromatic rings. The predicted octanol–water partition coefficient (Wildman–Crippen LogP) is 4.28. The molecule has 0 aliphatic carbocycles. The summed E-state index contributed by atoms with van der Waals surface area (Å²) in [7, 11) is -3.34. The number of hydrogen-bond acceptors (Lipinski definition) is 4. The number of sulfonamides is 1. The van der Waals surface area contributed by atoms with Crippen molar-refractivity contribution in [2.45, 2.75) is 12.6 Å². The zero-order valence-electron chi connectivity index (χ0n) is 14.9. The number of rotatable bonds is 6. The molecule has 0 radical (unpaired) electrons. The van der Waals surface area contributed by atoms with E-state index >= 15 is 0 Å². The summed E-state index contributed by atoms with van der Waals surface area (Å²) >= 11 is 0. The largest absolute Gasteiger partial charge is 0.433 e. The molecule has 3 rings (SSSR count). The minimum absolute atomic E-state index is 0.274.